The van der Waals surface area contributed by atoms with E-state index < -0.39 is 0 Å². The van der Waals surface area contributed by atoms with E-state index in [0.29, 0.717) is 16.4 Å². The minimum Gasteiger partial charge on any atom is -0.295 e. The highest BCUT2D eigenvalue weighted by Crippen LogP contribution is 2.23. The van der Waals surface area contributed by atoms with Gasteiger partial charge in [-0.25, -0.2) is 4.39 Å². The molecule has 0 bridgehead atoms. The Morgan fingerprint density at radius 3 is 2.56 bits per heavy atom. The van der Waals surface area contributed by atoms with Gasteiger partial charge in [-0.05, 0) is 40.4 Å². The van der Waals surface area contributed by atoms with E-state index >= 15 is 0 Å². The summed E-state index contributed by atoms with van der Waals surface area (Å²) in [5.41, 5.74) is 0.979. The van der Waals surface area contributed by atoms with Gasteiger partial charge in [-0.2, -0.15) is 0 Å². The summed E-state index contributed by atoms with van der Waals surface area (Å²) in [5, 5.41) is 0. The van der Waals surface area contributed by atoms with Crippen LogP contribution in [0.15, 0.2) is 22.7 Å². The van der Waals surface area contributed by atoms with Crippen molar-refractivity contribution in [2.75, 3.05) is 12.4 Å². The normalized spacial score (nSPS) is 11.5. The van der Waals surface area contributed by atoms with Crippen molar-refractivity contribution in [1.82, 2.24) is 4.90 Å². The van der Waals surface area contributed by atoms with E-state index in [9.17, 15) is 4.39 Å². The minimum absolute atomic E-state index is 0.206. The zero-order valence-corrected chi connectivity index (χ0v) is 13.3. The summed E-state index contributed by atoms with van der Waals surface area (Å²) in [6.07, 6.45) is 2.17. The third-order valence-electron chi connectivity index (χ3n) is 3.24. The van der Waals surface area contributed by atoms with Gasteiger partial charge in [0.1, 0.15) is 5.82 Å². The highest BCUT2D eigenvalue weighted by molar-refractivity contribution is 9.10. The van der Waals surface area contributed by atoms with Crippen LogP contribution in [0.2, 0.25) is 0 Å². The smallest absolute Gasteiger partial charge is 0.137 e. The lowest BCUT2D eigenvalue weighted by molar-refractivity contribution is 0.187. The Bertz CT molecular complexity index is 369. The molecule has 1 rings (SSSR count). The molecule has 0 saturated heterocycles. The molecule has 0 heterocycles. The average Bonchev–Trinajstić information content (AvgIpc) is 2.36. The summed E-state index contributed by atoms with van der Waals surface area (Å²) in [6, 6.07) is 5.67. The van der Waals surface area contributed by atoms with Gasteiger partial charge >= 0.3 is 0 Å². The second kappa shape index (κ2) is 8.13. The van der Waals surface area contributed by atoms with Gasteiger partial charge in [0.25, 0.3) is 0 Å². The van der Waals surface area contributed by atoms with E-state index in [4.69, 9.17) is 11.6 Å². The van der Waals surface area contributed by atoms with Crippen LogP contribution in [0.4, 0.5) is 4.39 Å². The van der Waals surface area contributed by atoms with Crippen LogP contribution in [-0.4, -0.2) is 23.4 Å². The van der Waals surface area contributed by atoms with Crippen molar-refractivity contribution in [3.63, 3.8) is 0 Å². The first kappa shape index (κ1) is 15.9. The van der Waals surface area contributed by atoms with Gasteiger partial charge in [0.2, 0.25) is 0 Å². The maximum atomic E-state index is 13.5. The molecule has 0 radical (unpaired) electrons. The van der Waals surface area contributed by atoms with E-state index in [1.54, 1.807) is 6.07 Å². The van der Waals surface area contributed by atoms with Crippen molar-refractivity contribution in [1.29, 1.82) is 0 Å². The van der Waals surface area contributed by atoms with Crippen molar-refractivity contribution in [3.8, 4) is 0 Å². The number of halogens is 3. The molecule has 4 heteroatoms. The highest BCUT2D eigenvalue weighted by Gasteiger charge is 2.16. The van der Waals surface area contributed by atoms with E-state index in [-0.39, 0.29) is 5.82 Å². The molecule has 0 aromatic heterocycles. The molecule has 0 N–H and O–H groups in total. The van der Waals surface area contributed by atoms with E-state index in [1.807, 2.05) is 6.07 Å². The summed E-state index contributed by atoms with van der Waals surface area (Å²) in [5.74, 6) is 0.395. The number of nitrogens with zero attached hydrogens (tertiary/aromatic N) is 1. The number of benzene rings is 1. The van der Waals surface area contributed by atoms with Crippen LogP contribution in [0.1, 0.15) is 32.3 Å². The van der Waals surface area contributed by atoms with E-state index in [2.05, 4.69) is 34.7 Å². The van der Waals surface area contributed by atoms with Gasteiger partial charge in [-0.1, -0.05) is 26.0 Å². The molecule has 0 spiro atoms. The fourth-order valence-corrected chi connectivity index (χ4v) is 2.80. The lowest BCUT2D eigenvalue weighted by Gasteiger charge is -2.30. The monoisotopic (exact) mass is 335 g/mol. The van der Waals surface area contributed by atoms with Crippen LogP contribution in [0.3, 0.4) is 0 Å². The molecular weight excluding hydrogens is 317 g/mol. The maximum Gasteiger partial charge on any atom is 0.137 e. The van der Waals surface area contributed by atoms with Gasteiger partial charge in [0.15, 0.2) is 0 Å². The average molecular weight is 337 g/mol. The summed E-state index contributed by atoms with van der Waals surface area (Å²) < 4.78 is 14.1. The molecule has 18 heavy (non-hydrogen) atoms. The highest BCUT2D eigenvalue weighted by atomic mass is 79.9. The zero-order chi connectivity index (χ0) is 13.5. The molecule has 102 valence electrons. The molecule has 0 amide bonds. The van der Waals surface area contributed by atoms with Gasteiger partial charge in [-0.3, -0.25) is 4.90 Å². The molecule has 0 aliphatic rings. The van der Waals surface area contributed by atoms with Crippen LogP contribution in [0, 0.1) is 5.82 Å². The largest absolute Gasteiger partial charge is 0.295 e. The fraction of sp³-hybridized carbons (Fsp3) is 0.571. The van der Waals surface area contributed by atoms with Crippen LogP contribution in [0.5, 0.6) is 0 Å². The minimum atomic E-state index is -0.206. The Balaban J connectivity index is 2.85. The Kier molecular flexibility index (Phi) is 7.20. The first-order valence-electron chi connectivity index (χ1n) is 6.36. The summed E-state index contributed by atoms with van der Waals surface area (Å²) in [6.45, 7) is 5.92. The second-order valence-corrected chi connectivity index (χ2v) is 5.51. The molecule has 0 unspecified atom stereocenters. The van der Waals surface area contributed by atoms with E-state index in [1.165, 1.54) is 6.07 Å². The molecular formula is C14H20BrClFN. The van der Waals surface area contributed by atoms with Crippen molar-refractivity contribution in [3.05, 3.63) is 34.1 Å². The molecule has 1 nitrogen and oxygen atoms in total. The van der Waals surface area contributed by atoms with E-state index in [0.717, 1.165) is 31.5 Å². The number of hydrogen-bond acceptors (Lipinski definition) is 1. The van der Waals surface area contributed by atoms with Crippen molar-refractivity contribution < 1.29 is 4.39 Å². The van der Waals surface area contributed by atoms with Gasteiger partial charge in [0, 0.05) is 25.0 Å². The molecule has 0 atom stereocenters. The van der Waals surface area contributed by atoms with Gasteiger partial charge in [-0.15, -0.1) is 11.6 Å². The second-order valence-electron chi connectivity index (χ2n) is 4.34. The van der Waals surface area contributed by atoms with Crippen LogP contribution in [0.25, 0.3) is 0 Å². The van der Waals surface area contributed by atoms with Crippen molar-refractivity contribution in [2.45, 2.75) is 39.3 Å². The van der Waals surface area contributed by atoms with Crippen LogP contribution in [-0.2, 0) is 6.54 Å². The molecule has 0 aliphatic heterocycles. The first-order valence-corrected chi connectivity index (χ1v) is 7.69. The molecule has 0 saturated carbocycles. The summed E-state index contributed by atoms with van der Waals surface area (Å²) in [4.78, 5) is 2.33. The standard InChI is InChI=1S/C14H20BrClFN/c1-3-12(4-2)18(9-8-16)10-11-6-5-7-13(17)14(11)15/h5-7,12H,3-4,8-10H2,1-2H3. The molecule has 0 fully saturated rings. The third kappa shape index (κ3) is 4.22. The van der Waals surface area contributed by atoms with Crippen LogP contribution >= 0.6 is 27.5 Å². The van der Waals surface area contributed by atoms with Gasteiger partial charge in [0.05, 0.1) is 4.47 Å². The quantitative estimate of drug-likeness (QED) is 0.645. The zero-order valence-electron chi connectivity index (χ0n) is 10.9. The van der Waals surface area contributed by atoms with Crippen LogP contribution < -0.4 is 0 Å². The van der Waals surface area contributed by atoms with Crippen molar-refractivity contribution >= 4 is 27.5 Å². The predicted octanol–water partition coefficient (Wildman–Crippen LogP) is 4.82. The molecule has 0 aliphatic carbocycles. The van der Waals surface area contributed by atoms with Gasteiger partial charge < -0.3 is 0 Å². The maximum absolute atomic E-state index is 13.5. The Hall–Kier alpha value is -0.120. The third-order valence-corrected chi connectivity index (χ3v) is 4.29. The Labute approximate surface area is 122 Å². The predicted molar refractivity (Wildman–Crippen MR) is 79.6 cm³/mol. The topological polar surface area (TPSA) is 3.24 Å². The first-order chi connectivity index (χ1) is 8.63. The van der Waals surface area contributed by atoms with Crippen molar-refractivity contribution in [2.24, 2.45) is 0 Å². The Morgan fingerprint density at radius 1 is 1.33 bits per heavy atom. The number of alkyl halides is 1. The number of rotatable bonds is 7. The molecule has 1 aromatic carbocycles. The SMILES string of the molecule is CCC(CC)N(CCCl)Cc1cccc(F)c1Br. The lowest BCUT2D eigenvalue weighted by atomic mass is 10.1. The Morgan fingerprint density at radius 2 is 2.00 bits per heavy atom. The summed E-state index contributed by atoms with van der Waals surface area (Å²) >= 11 is 9.18. The molecule has 1 aromatic rings. The summed E-state index contributed by atoms with van der Waals surface area (Å²) in [7, 11) is 0. The fourth-order valence-electron chi connectivity index (χ4n) is 2.19. The lowest BCUT2D eigenvalue weighted by Crippen LogP contribution is -2.35. The number of hydrogen-bond donors (Lipinski definition) is 0.